The predicted octanol–water partition coefficient (Wildman–Crippen LogP) is 3.77. The Morgan fingerprint density at radius 3 is 2.38 bits per heavy atom. The highest BCUT2D eigenvalue weighted by Gasteiger charge is 2.36. The third-order valence-electron chi connectivity index (χ3n) is 5.08. The molecule has 1 atom stereocenters. The lowest BCUT2D eigenvalue weighted by molar-refractivity contribution is -0.137. The molecular formula is C18H17F4N3O. The molecule has 26 heavy (non-hydrogen) atoms. The fourth-order valence-corrected chi connectivity index (χ4v) is 3.62. The summed E-state index contributed by atoms with van der Waals surface area (Å²) in [5.41, 5.74) is -1.13. The topological polar surface area (TPSA) is 38.2 Å². The van der Waals surface area contributed by atoms with E-state index in [0.29, 0.717) is 17.9 Å². The smallest absolute Gasteiger partial charge is 0.416 e. The van der Waals surface area contributed by atoms with E-state index in [1.165, 1.54) is 12.1 Å². The third-order valence-corrected chi connectivity index (χ3v) is 5.08. The van der Waals surface area contributed by atoms with E-state index in [9.17, 15) is 17.6 Å². The van der Waals surface area contributed by atoms with Gasteiger partial charge in [-0.1, -0.05) is 0 Å². The van der Waals surface area contributed by atoms with Crippen LogP contribution in [0, 0.1) is 11.7 Å². The van der Waals surface area contributed by atoms with E-state index < -0.39 is 17.6 Å². The van der Waals surface area contributed by atoms with Crippen molar-refractivity contribution >= 4 is 0 Å². The number of rotatable bonds is 3. The second-order valence-electron chi connectivity index (χ2n) is 6.74. The van der Waals surface area contributed by atoms with Gasteiger partial charge in [-0.15, -0.1) is 10.2 Å². The van der Waals surface area contributed by atoms with Crippen molar-refractivity contribution in [3.63, 3.8) is 0 Å². The van der Waals surface area contributed by atoms with E-state index in [4.69, 9.17) is 4.74 Å². The van der Waals surface area contributed by atoms with Crippen molar-refractivity contribution in [3.8, 4) is 17.1 Å². The van der Waals surface area contributed by atoms with Crippen molar-refractivity contribution in [2.75, 3.05) is 19.6 Å². The Morgan fingerprint density at radius 2 is 1.81 bits per heavy atom. The Bertz CT molecular complexity index is 786. The SMILES string of the molecule is Fc1ccc(C(F)(F)F)cc1-c1ccc(O[C@H]2CN3CCC2CC3)nn1. The lowest BCUT2D eigenvalue weighted by Gasteiger charge is -2.44. The summed E-state index contributed by atoms with van der Waals surface area (Å²) in [7, 11) is 0. The van der Waals surface area contributed by atoms with Crippen molar-refractivity contribution < 1.29 is 22.3 Å². The number of fused-ring (bicyclic) bond motifs is 3. The summed E-state index contributed by atoms with van der Waals surface area (Å²) in [6.45, 7) is 3.02. The molecule has 3 aliphatic rings. The van der Waals surface area contributed by atoms with Crippen LogP contribution in [0.15, 0.2) is 30.3 Å². The van der Waals surface area contributed by atoms with Crippen LogP contribution in [0.2, 0.25) is 0 Å². The van der Waals surface area contributed by atoms with Gasteiger partial charge in [-0.2, -0.15) is 13.2 Å². The van der Waals surface area contributed by atoms with E-state index in [2.05, 4.69) is 15.1 Å². The Morgan fingerprint density at radius 1 is 1.04 bits per heavy atom. The average Bonchev–Trinajstić information content (AvgIpc) is 2.63. The fourth-order valence-electron chi connectivity index (χ4n) is 3.62. The first-order chi connectivity index (χ1) is 12.4. The lowest BCUT2D eigenvalue weighted by Crippen LogP contribution is -2.52. The molecule has 0 spiro atoms. The van der Waals surface area contributed by atoms with Crippen LogP contribution in [-0.2, 0) is 6.18 Å². The minimum Gasteiger partial charge on any atom is -0.472 e. The zero-order valence-corrected chi connectivity index (χ0v) is 13.8. The molecule has 3 aliphatic heterocycles. The highest BCUT2D eigenvalue weighted by atomic mass is 19.4. The van der Waals surface area contributed by atoms with Crippen molar-refractivity contribution in [2.24, 2.45) is 5.92 Å². The van der Waals surface area contributed by atoms with E-state index in [-0.39, 0.29) is 17.4 Å². The molecule has 3 saturated heterocycles. The summed E-state index contributed by atoms with van der Waals surface area (Å²) in [5.74, 6) is 0.0145. The number of ether oxygens (including phenoxy) is 1. The number of aromatic nitrogens is 2. The first kappa shape index (κ1) is 17.2. The van der Waals surface area contributed by atoms with Gasteiger partial charge in [0.1, 0.15) is 11.9 Å². The summed E-state index contributed by atoms with van der Waals surface area (Å²) in [6.07, 6.45) is -2.32. The number of hydrogen-bond acceptors (Lipinski definition) is 4. The molecule has 4 nitrogen and oxygen atoms in total. The monoisotopic (exact) mass is 367 g/mol. The molecule has 4 heterocycles. The van der Waals surface area contributed by atoms with Crippen LogP contribution in [0.5, 0.6) is 5.88 Å². The van der Waals surface area contributed by atoms with Gasteiger partial charge in [-0.3, -0.25) is 4.90 Å². The summed E-state index contributed by atoms with van der Waals surface area (Å²) in [5, 5.41) is 7.79. The zero-order valence-electron chi connectivity index (χ0n) is 13.8. The molecule has 1 aromatic carbocycles. The minimum atomic E-state index is -4.55. The Hall–Kier alpha value is -2.22. The van der Waals surface area contributed by atoms with Gasteiger partial charge in [0.25, 0.3) is 0 Å². The maximum Gasteiger partial charge on any atom is 0.416 e. The number of hydrogen-bond donors (Lipinski definition) is 0. The van der Waals surface area contributed by atoms with Gasteiger partial charge in [0, 0.05) is 18.2 Å². The van der Waals surface area contributed by atoms with E-state index in [1.54, 1.807) is 0 Å². The van der Waals surface area contributed by atoms with Crippen LogP contribution in [0.4, 0.5) is 17.6 Å². The standard InChI is InChI=1S/C18H17F4N3O/c19-14-2-1-12(18(20,21)22)9-13(14)15-3-4-17(24-23-15)26-16-10-25-7-5-11(16)6-8-25/h1-4,9,11,16H,5-8,10H2/t16-/m0/s1. The Balaban J connectivity index is 1.53. The molecule has 0 aliphatic carbocycles. The minimum absolute atomic E-state index is 0.0369. The molecule has 5 rings (SSSR count). The van der Waals surface area contributed by atoms with Gasteiger partial charge >= 0.3 is 6.18 Å². The summed E-state index contributed by atoms with van der Waals surface area (Å²) in [4.78, 5) is 2.34. The van der Waals surface area contributed by atoms with Crippen LogP contribution in [0.3, 0.4) is 0 Å². The van der Waals surface area contributed by atoms with Gasteiger partial charge in [0.05, 0.1) is 11.3 Å². The molecular weight excluding hydrogens is 350 g/mol. The van der Waals surface area contributed by atoms with E-state index in [0.717, 1.165) is 44.6 Å². The van der Waals surface area contributed by atoms with Crippen molar-refractivity contribution in [3.05, 3.63) is 41.7 Å². The van der Waals surface area contributed by atoms with E-state index in [1.807, 2.05) is 0 Å². The average molecular weight is 367 g/mol. The molecule has 1 aromatic heterocycles. The van der Waals surface area contributed by atoms with E-state index >= 15 is 0 Å². The highest BCUT2D eigenvalue weighted by molar-refractivity contribution is 5.60. The Labute approximate surface area is 147 Å². The number of piperidine rings is 3. The molecule has 0 saturated carbocycles. The number of nitrogens with zero attached hydrogens (tertiary/aromatic N) is 3. The van der Waals surface area contributed by atoms with Crippen LogP contribution >= 0.6 is 0 Å². The number of alkyl halides is 3. The largest absolute Gasteiger partial charge is 0.472 e. The molecule has 0 N–H and O–H groups in total. The molecule has 2 aromatic rings. The molecule has 0 unspecified atom stereocenters. The molecule has 3 fully saturated rings. The third kappa shape index (κ3) is 3.38. The first-order valence-electron chi connectivity index (χ1n) is 8.50. The summed E-state index contributed by atoms with van der Waals surface area (Å²) in [6, 6.07) is 5.20. The maximum atomic E-state index is 13.9. The zero-order chi connectivity index (χ0) is 18.3. The second-order valence-corrected chi connectivity index (χ2v) is 6.74. The summed E-state index contributed by atoms with van der Waals surface area (Å²) >= 11 is 0. The predicted molar refractivity (Wildman–Crippen MR) is 86.0 cm³/mol. The van der Waals surface area contributed by atoms with Crippen molar-refractivity contribution in [2.45, 2.75) is 25.1 Å². The second kappa shape index (κ2) is 6.50. The molecule has 138 valence electrons. The van der Waals surface area contributed by atoms with Crippen LogP contribution in [0.1, 0.15) is 18.4 Å². The van der Waals surface area contributed by atoms with Crippen LogP contribution < -0.4 is 4.74 Å². The number of halogens is 4. The molecule has 2 bridgehead atoms. The van der Waals surface area contributed by atoms with Crippen molar-refractivity contribution in [1.82, 2.24) is 15.1 Å². The fraction of sp³-hybridized carbons (Fsp3) is 0.444. The van der Waals surface area contributed by atoms with Crippen LogP contribution in [0.25, 0.3) is 11.3 Å². The van der Waals surface area contributed by atoms with Gasteiger partial charge in [0.2, 0.25) is 5.88 Å². The molecule has 8 heteroatoms. The Kier molecular flexibility index (Phi) is 4.30. The van der Waals surface area contributed by atoms with Gasteiger partial charge in [-0.05, 0) is 56.1 Å². The van der Waals surface area contributed by atoms with Gasteiger partial charge < -0.3 is 4.74 Å². The normalized spacial score (nSPS) is 25.3. The quantitative estimate of drug-likeness (QED) is 0.774. The molecule has 0 amide bonds. The summed E-state index contributed by atoms with van der Waals surface area (Å²) < 4.78 is 58.3. The van der Waals surface area contributed by atoms with Gasteiger partial charge in [0.15, 0.2) is 0 Å². The maximum absolute atomic E-state index is 13.9. The van der Waals surface area contributed by atoms with Crippen molar-refractivity contribution in [1.29, 1.82) is 0 Å². The highest BCUT2D eigenvalue weighted by Crippen LogP contribution is 2.34. The first-order valence-corrected chi connectivity index (χ1v) is 8.50. The molecule has 0 radical (unpaired) electrons. The van der Waals surface area contributed by atoms with Crippen LogP contribution in [-0.4, -0.2) is 40.8 Å². The lowest BCUT2D eigenvalue weighted by atomic mass is 9.86. The van der Waals surface area contributed by atoms with Gasteiger partial charge in [-0.25, -0.2) is 4.39 Å². The number of benzene rings is 1.